The van der Waals surface area contributed by atoms with Crippen molar-refractivity contribution >= 4 is 33.1 Å². The van der Waals surface area contributed by atoms with Crippen molar-refractivity contribution in [2.24, 2.45) is 0 Å². The van der Waals surface area contributed by atoms with Gasteiger partial charge in [-0.1, -0.05) is 30.3 Å². The molecule has 1 N–H and O–H groups in total. The fourth-order valence-corrected chi connectivity index (χ4v) is 2.79. The molecule has 0 spiro atoms. The first-order valence-corrected chi connectivity index (χ1v) is 6.83. The lowest BCUT2D eigenvalue weighted by atomic mass is 10.2. The van der Waals surface area contributed by atoms with E-state index in [0.717, 1.165) is 15.9 Å². The maximum Gasteiger partial charge on any atom is 0.274 e. The maximum absolute atomic E-state index is 11.0. The number of nitro groups is 1. The average molecular weight is 285 g/mol. The minimum atomic E-state index is -0.359. The van der Waals surface area contributed by atoms with Crippen LogP contribution in [0.5, 0.6) is 0 Å². The molecule has 2 aromatic carbocycles. The van der Waals surface area contributed by atoms with Crippen molar-refractivity contribution in [1.29, 1.82) is 0 Å². The van der Waals surface area contributed by atoms with Gasteiger partial charge in [-0.15, -0.1) is 0 Å². The Hall–Kier alpha value is -2.47. The zero-order chi connectivity index (χ0) is 13.9. The molecule has 3 rings (SSSR count). The van der Waals surface area contributed by atoms with Crippen LogP contribution in [0.1, 0.15) is 5.56 Å². The number of hydrogen-bond acceptors (Lipinski definition) is 5. The number of rotatable bonds is 4. The number of nitro benzene ring substituents is 1. The molecule has 0 atom stereocenters. The number of nitrogens with zero attached hydrogens (tertiary/aromatic N) is 2. The largest absolute Gasteiger partial charge is 0.371 e. The Morgan fingerprint density at radius 2 is 1.90 bits per heavy atom. The minimum Gasteiger partial charge on any atom is -0.371 e. The van der Waals surface area contributed by atoms with Gasteiger partial charge in [0.15, 0.2) is 0 Å². The highest BCUT2D eigenvalue weighted by Gasteiger charge is 2.12. The van der Waals surface area contributed by atoms with E-state index in [2.05, 4.69) is 9.69 Å². The number of anilines is 1. The Kier molecular flexibility index (Phi) is 3.30. The molecule has 0 aliphatic carbocycles. The van der Waals surface area contributed by atoms with E-state index in [9.17, 15) is 10.1 Å². The van der Waals surface area contributed by atoms with Gasteiger partial charge in [0, 0.05) is 23.6 Å². The normalized spacial score (nSPS) is 10.6. The molecule has 0 saturated heterocycles. The van der Waals surface area contributed by atoms with Gasteiger partial charge in [0.1, 0.15) is 5.00 Å². The van der Waals surface area contributed by atoms with Gasteiger partial charge in [-0.25, -0.2) is 0 Å². The third-order valence-corrected chi connectivity index (χ3v) is 3.85. The van der Waals surface area contributed by atoms with Crippen LogP contribution in [0.3, 0.4) is 0 Å². The van der Waals surface area contributed by atoms with E-state index in [1.165, 1.54) is 17.6 Å². The number of para-hydroxylation sites is 1. The molecule has 1 aromatic heterocycles. The van der Waals surface area contributed by atoms with Crippen LogP contribution in [0.25, 0.3) is 10.9 Å². The monoisotopic (exact) mass is 285 g/mol. The SMILES string of the molecule is O=[N+]([O-])c1ccccc1CNc1snc2ccccc12. The summed E-state index contributed by atoms with van der Waals surface area (Å²) in [6, 6.07) is 14.6. The molecule has 0 amide bonds. The first kappa shape index (κ1) is 12.6. The van der Waals surface area contributed by atoms with Gasteiger partial charge in [0.25, 0.3) is 5.69 Å². The molecule has 1 heterocycles. The minimum absolute atomic E-state index is 0.133. The molecule has 0 bridgehead atoms. The highest BCUT2D eigenvalue weighted by molar-refractivity contribution is 7.11. The van der Waals surface area contributed by atoms with E-state index in [1.807, 2.05) is 24.3 Å². The second-order valence-electron chi connectivity index (χ2n) is 4.27. The molecule has 100 valence electrons. The van der Waals surface area contributed by atoms with Gasteiger partial charge in [-0.3, -0.25) is 10.1 Å². The standard InChI is InChI=1S/C14H11N3O2S/c18-17(19)13-8-4-1-5-10(13)9-15-14-11-6-2-3-7-12(11)16-20-14/h1-8,15H,9H2. The van der Waals surface area contributed by atoms with Gasteiger partial charge < -0.3 is 5.32 Å². The molecule has 0 aliphatic rings. The Morgan fingerprint density at radius 3 is 2.75 bits per heavy atom. The van der Waals surface area contributed by atoms with E-state index < -0.39 is 0 Å². The van der Waals surface area contributed by atoms with Gasteiger partial charge >= 0.3 is 0 Å². The zero-order valence-electron chi connectivity index (χ0n) is 10.4. The molecule has 0 unspecified atom stereocenters. The lowest BCUT2D eigenvalue weighted by molar-refractivity contribution is -0.385. The van der Waals surface area contributed by atoms with Crippen LogP contribution in [0.4, 0.5) is 10.7 Å². The van der Waals surface area contributed by atoms with Crippen LogP contribution < -0.4 is 5.32 Å². The van der Waals surface area contributed by atoms with Gasteiger partial charge in [0.2, 0.25) is 0 Å². The maximum atomic E-state index is 11.0. The van der Waals surface area contributed by atoms with E-state index in [-0.39, 0.29) is 10.6 Å². The Bertz CT molecular complexity index is 770. The molecule has 0 aliphatic heterocycles. The number of aromatic nitrogens is 1. The van der Waals surface area contributed by atoms with Crippen molar-refractivity contribution in [2.45, 2.75) is 6.54 Å². The predicted octanol–water partition coefficient (Wildman–Crippen LogP) is 3.82. The van der Waals surface area contributed by atoms with Crippen LogP contribution in [0.15, 0.2) is 48.5 Å². The van der Waals surface area contributed by atoms with Crippen LogP contribution in [-0.2, 0) is 6.54 Å². The van der Waals surface area contributed by atoms with E-state index in [0.29, 0.717) is 12.1 Å². The second kappa shape index (κ2) is 5.26. The lowest BCUT2D eigenvalue weighted by Crippen LogP contribution is -2.02. The van der Waals surface area contributed by atoms with E-state index in [4.69, 9.17) is 0 Å². The molecule has 0 fully saturated rings. The highest BCUT2D eigenvalue weighted by atomic mass is 32.1. The fourth-order valence-electron chi connectivity index (χ4n) is 2.03. The molecule has 0 radical (unpaired) electrons. The van der Waals surface area contributed by atoms with Gasteiger partial charge in [-0.2, -0.15) is 4.37 Å². The Morgan fingerprint density at radius 1 is 1.15 bits per heavy atom. The number of nitrogens with one attached hydrogen (secondary N) is 1. The average Bonchev–Trinajstić information content (AvgIpc) is 2.88. The van der Waals surface area contributed by atoms with Crippen molar-refractivity contribution in [3.8, 4) is 0 Å². The van der Waals surface area contributed by atoms with Gasteiger partial charge in [0.05, 0.1) is 10.4 Å². The molecule has 5 nitrogen and oxygen atoms in total. The summed E-state index contributed by atoms with van der Waals surface area (Å²) in [6.45, 7) is 0.406. The fraction of sp³-hybridized carbons (Fsp3) is 0.0714. The van der Waals surface area contributed by atoms with Crippen molar-refractivity contribution in [3.63, 3.8) is 0 Å². The molecule has 3 aromatic rings. The molecule has 6 heteroatoms. The third kappa shape index (κ3) is 2.33. The Labute approximate surface area is 119 Å². The molecular formula is C14H11N3O2S. The summed E-state index contributed by atoms with van der Waals surface area (Å²) >= 11 is 1.37. The summed E-state index contributed by atoms with van der Waals surface area (Å²) in [5, 5.41) is 16.2. The summed E-state index contributed by atoms with van der Waals surface area (Å²) in [6.07, 6.45) is 0. The van der Waals surface area contributed by atoms with E-state index >= 15 is 0 Å². The van der Waals surface area contributed by atoms with Crippen molar-refractivity contribution < 1.29 is 4.92 Å². The third-order valence-electron chi connectivity index (χ3n) is 3.01. The highest BCUT2D eigenvalue weighted by Crippen LogP contribution is 2.28. The molecule has 20 heavy (non-hydrogen) atoms. The van der Waals surface area contributed by atoms with Crippen LogP contribution in [0.2, 0.25) is 0 Å². The van der Waals surface area contributed by atoms with Crippen LogP contribution in [0, 0.1) is 10.1 Å². The van der Waals surface area contributed by atoms with Crippen LogP contribution >= 0.6 is 11.5 Å². The number of hydrogen-bond donors (Lipinski definition) is 1. The topological polar surface area (TPSA) is 68.1 Å². The molecular weight excluding hydrogens is 274 g/mol. The Balaban J connectivity index is 1.85. The van der Waals surface area contributed by atoms with Crippen molar-refractivity contribution in [3.05, 3.63) is 64.2 Å². The lowest BCUT2D eigenvalue weighted by Gasteiger charge is -2.05. The van der Waals surface area contributed by atoms with E-state index in [1.54, 1.807) is 18.2 Å². The summed E-state index contributed by atoms with van der Waals surface area (Å²) in [5.74, 6) is 0. The summed E-state index contributed by atoms with van der Waals surface area (Å²) in [4.78, 5) is 10.6. The van der Waals surface area contributed by atoms with Crippen molar-refractivity contribution in [2.75, 3.05) is 5.32 Å². The number of fused-ring (bicyclic) bond motifs is 1. The number of benzene rings is 2. The predicted molar refractivity (Wildman–Crippen MR) is 80.0 cm³/mol. The van der Waals surface area contributed by atoms with Gasteiger partial charge in [-0.05, 0) is 23.7 Å². The van der Waals surface area contributed by atoms with Crippen LogP contribution in [-0.4, -0.2) is 9.30 Å². The second-order valence-corrected chi connectivity index (χ2v) is 5.04. The first-order chi connectivity index (χ1) is 9.75. The molecule has 0 saturated carbocycles. The smallest absolute Gasteiger partial charge is 0.274 e. The zero-order valence-corrected chi connectivity index (χ0v) is 11.3. The summed E-state index contributed by atoms with van der Waals surface area (Å²) < 4.78 is 4.33. The summed E-state index contributed by atoms with van der Waals surface area (Å²) in [7, 11) is 0. The first-order valence-electron chi connectivity index (χ1n) is 6.06. The van der Waals surface area contributed by atoms with Crippen molar-refractivity contribution in [1.82, 2.24) is 4.37 Å². The summed E-state index contributed by atoms with van der Waals surface area (Å²) in [5.41, 5.74) is 1.73. The quantitative estimate of drug-likeness (QED) is 0.584.